The molecule has 1 saturated heterocycles. The Bertz CT molecular complexity index is 1230. The van der Waals surface area contributed by atoms with E-state index in [1.807, 2.05) is 78.9 Å². The first kappa shape index (κ1) is 23.4. The van der Waals surface area contributed by atoms with Gasteiger partial charge in [0.25, 0.3) is 0 Å². The van der Waals surface area contributed by atoms with Crippen LogP contribution in [0.4, 0.5) is 9.59 Å². The third kappa shape index (κ3) is 4.62. The zero-order chi connectivity index (χ0) is 25.1. The van der Waals surface area contributed by atoms with Crippen LogP contribution in [0.2, 0.25) is 0 Å². The fourth-order valence-electron chi connectivity index (χ4n) is 4.89. The van der Waals surface area contributed by atoms with Crippen molar-refractivity contribution >= 4 is 18.2 Å². The lowest BCUT2D eigenvalue weighted by atomic mass is 9.98. The lowest BCUT2D eigenvalue weighted by molar-refractivity contribution is -0.151. The van der Waals surface area contributed by atoms with E-state index in [1.54, 1.807) is 0 Å². The van der Waals surface area contributed by atoms with Gasteiger partial charge in [0.1, 0.15) is 13.2 Å². The zero-order valence-corrected chi connectivity index (χ0v) is 19.6. The molecule has 8 nitrogen and oxygen atoms in total. The molecular weight excluding hydrogens is 460 g/mol. The number of hydrogen-bond donors (Lipinski definition) is 1. The topological polar surface area (TPSA) is 96.4 Å². The van der Waals surface area contributed by atoms with Crippen LogP contribution in [-0.2, 0) is 20.9 Å². The van der Waals surface area contributed by atoms with Gasteiger partial charge >= 0.3 is 18.2 Å². The Hall–Kier alpha value is -4.33. The average molecular weight is 487 g/mol. The zero-order valence-electron chi connectivity index (χ0n) is 19.6. The van der Waals surface area contributed by atoms with E-state index in [4.69, 9.17) is 9.47 Å². The summed E-state index contributed by atoms with van der Waals surface area (Å²) in [5.41, 5.74) is 5.17. The molecule has 0 aromatic heterocycles. The third-order valence-corrected chi connectivity index (χ3v) is 6.72. The summed E-state index contributed by atoms with van der Waals surface area (Å²) in [4.78, 5) is 40.0. The van der Waals surface area contributed by atoms with Crippen molar-refractivity contribution in [3.8, 4) is 11.1 Å². The van der Waals surface area contributed by atoms with Gasteiger partial charge in [0.2, 0.25) is 0 Å². The van der Waals surface area contributed by atoms with E-state index in [1.165, 1.54) is 4.90 Å². The largest absolute Gasteiger partial charge is 0.465 e. The Balaban J connectivity index is 1.26. The average Bonchev–Trinajstić information content (AvgIpc) is 3.24. The Morgan fingerprint density at radius 3 is 2.06 bits per heavy atom. The second-order valence-electron chi connectivity index (χ2n) is 8.84. The normalized spacial score (nSPS) is 16.7. The molecule has 1 fully saturated rings. The molecule has 184 valence electrons. The van der Waals surface area contributed by atoms with Gasteiger partial charge in [-0.3, -0.25) is 4.90 Å². The second-order valence-corrected chi connectivity index (χ2v) is 8.84. The molecule has 1 N–H and O–H groups in total. The van der Waals surface area contributed by atoms with Crippen LogP contribution in [0.1, 0.15) is 22.6 Å². The smallest absolute Gasteiger partial charge is 0.410 e. The predicted octanol–water partition coefficient (Wildman–Crippen LogP) is 4.34. The van der Waals surface area contributed by atoms with Gasteiger partial charge in [-0.25, -0.2) is 14.4 Å². The van der Waals surface area contributed by atoms with E-state index in [0.717, 1.165) is 32.7 Å². The van der Waals surface area contributed by atoms with E-state index in [0.29, 0.717) is 0 Å². The summed E-state index contributed by atoms with van der Waals surface area (Å²) < 4.78 is 11.1. The molecule has 1 unspecified atom stereocenters. The molecule has 3 aromatic rings. The first-order valence-corrected chi connectivity index (χ1v) is 11.8. The maximum Gasteiger partial charge on any atom is 0.410 e. The number of benzene rings is 3. The molecule has 0 saturated carbocycles. The molecule has 1 atom stereocenters. The van der Waals surface area contributed by atoms with Crippen molar-refractivity contribution in [3.05, 3.63) is 95.6 Å². The van der Waals surface area contributed by atoms with E-state index in [9.17, 15) is 19.5 Å². The summed E-state index contributed by atoms with van der Waals surface area (Å²) in [6.45, 7) is 0.165. The van der Waals surface area contributed by atoms with Crippen LogP contribution < -0.4 is 0 Å². The van der Waals surface area contributed by atoms with Crippen molar-refractivity contribution in [1.29, 1.82) is 0 Å². The standard InChI is InChI=1S/C28H26N2O6/c31-26(35-18-24-22-12-6-4-10-20(22)21-11-5-7-13-23(21)24)25-16-29(14-15-30(25)27(32)33)28(34)36-17-19-8-2-1-3-9-19/h1-13,24-25H,14-18H2,(H,32,33). The molecule has 36 heavy (non-hydrogen) atoms. The number of carboxylic acid groups (broad SMARTS) is 1. The number of ether oxygens (including phenoxy) is 2. The van der Waals surface area contributed by atoms with Crippen LogP contribution >= 0.6 is 0 Å². The van der Waals surface area contributed by atoms with Gasteiger partial charge in [0.05, 0.1) is 6.54 Å². The summed E-state index contributed by atoms with van der Waals surface area (Å²) in [7, 11) is 0. The lowest BCUT2D eigenvalue weighted by Crippen LogP contribution is -2.59. The van der Waals surface area contributed by atoms with Gasteiger partial charge in [-0.2, -0.15) is 0 Å². The minimum atomic E-state index is -1.23. The van der Waals surface area contributed by atoms with Crippen molar-refractivity contribution in [3.63, 3.8) is 0 Å². The first-order valence-electron chi connectivity index (χ1n) is 11.8. The van der Waals surface area contributed by atoms with Crippen LogP contribution in [0, 0.1) is 0 Å². The molecule has 1 aliphatic heterocycles. The number of hydrogen-bond acceptors (Lipinski definition) is 5. The fourth-order valence-corrected chi connectivity index (χ4v) is 4.89. The molecule has 0 bridgehead atoms. The van der Waals surface area contributed by atoms with Crippen LogP contribution in [0.25, 0.3) is 11.1 Å². The van der Waals surface area contributed by atoms with Crippen molar-refractivity contribution < 1.29 is 29.0 Å². The van der Waals surface area contributed by atoms with Gasteiger partial charge in [-0.05, 0) is 27.8 Å². The number of amides is 2. The van der Waals surface area contributed by atoms with Crippen molar-refractivity contribution in [2.75, 3.05) is 26.2 Å². The molecular formula is C28H26N2O6. The van der Waals surface area contributed by atoms with Gasteiger partial charge < -0.3 is 19.5 Å². The lowest BCUT2D eigenvalue weighted by Gasteiger charge is -2.37. The highest BCUT2D eigenvalue weighted by molar-refractivity contribution is 5.83. The van der Waals surface area contributed by atoms with Crippen molar-refractivity contribution in [1.82, 2.24) is 9.80 Å². The SMILES string of the molecule is O=C(OCC1c2ccccc2-c2ccccc21)C1CN(C(=O)OCc2ccccc2)CCN1C(=O)O. The third-order valence-electron chi connectivity index (χ3n) is 6.72. The summed E-state index contributed by atoms with van der Waals surface area (Å²) in [5, 5.41) is 9.66. The number of nitrogens with zero attached hydrogens (tertiary/aromatic N) is 2. The van der Waals surface area contributed by atoms with Gasteiger partial charge in [-0.1, -0.05) is 78.9 Å². The molecule has 0 spiro atoms. The summed E-state index contributed by atoms with van der Waals surface area (Å²) >= 11 is 0. The highest BCUT2D eigenvalue weighted by Crippen LogP contribution is 2.44. The number of carbonyl (C=O) groups excluding carboxylic acids is 2. The Morgan fingerprint density at radius 2 is 1.42 bits per heavy atom. The molecule has 2 amide bonds. The maximum atomic E-state index is 13.1. The van der Waals surface area contributed by atoms with Gasteiger partial charge in [0, 0.05) is 19.0 Å². The highest BCUT2D eigenvalue weighted by atomic mass is 16.6. The first-order chi connectivity index (χ1) is 17.5. The van der Waals surface area contributed by atoms with E-state index in [2.05, 4.69) is 0 Å². The number of fused-ring (bicyclic) bond motifs is 3. The predicted molar refractivity (Wildman–Crippen MR) is 131 cm³/mol. The maximum absolute atomic E-state index is 13.1. The minimum Gasteiger partial charge on any atom is -0.465 e. The minimum absolute atomic E-state index is 0.00929. The van der Waals surface area contributed by atoms with Gasteiger partial charge in [0.15, 0.2) is 6.04 Å². The Morgan fingerprint density at radius 1 is 0.806 bits per heavy atom. The van der Waals surface area contributed by atoms with E-state index >= 15 is 0 Å². The molecule has 3 aromatic carbocycles. The molecule has 1 aliphatic carbocycles. The van der Waals surface area contributed by atoms with E-state index in [-0.39, 0.29) is 38.8 Å². The number of esters is 1. The molecule has 8 heteroatoms. The summed E-state index contributed by atoms with van der Waals surface area (Å²) in [6.07, 6.45) is -1.83. The summed E-state index contributed by atoms with van der Waals surface area (Å²) in [5.74, 6) is -0.824. The molecule has 1 heterocycles. The molecule has 5 rings (SSSR count). The molecule has 2 aliphatic rings. The van der Waals surface area contributed by atoms with Gasteiger partial charge in [-0.15, -0.1) is 0 Å². The highest BCUT2D eigenvalue weighted by Gasteiger charge is 2.39. The van der Waals surface area contributed by atoms with Crippen LogP contribution in [-0.4, -0.2) is 65.3 Å². The quantitative estimate of drug-likeness (QED) is 0.539. The Kier molecular flexibility index (Phi) is 6.58. The van der Waals surface area contributed by atoms with Crippen molar-refractivity contribution in [2.24, 2.45) is 0 Å². The number of carbonyl (C=O) groups is 3. The van der Waals surface area contributed by atoms with Crippen molar-refractivity contribution in [2.45, 2.75) is 18.6 Å². The van der Waals surface area contributed by atoms with Crippen LogP contribution in [0.5, 0.6) is 0 Å². The second kappa shape index (κ2) is 10.1. The van der Waals surface area contributed by atoms with E-state index < -0.39 is 24.2 Å². The Labute approximate surface area is 208 Å². The monoisotopic (exact) mass is 486 g/mol. The molecule has 0 radical (unpaired) electrons. The number of piperazine rings is 1. The van der Waals surface area contributed by atoms with Crippen LogP contribution in [0.15, 0.2) is 78.9 Å². The fraction of sp³-hybridized carbons (Fsp3) is 0.250. The van der Waals surface area contributed by atoms with Crippen LogP contribution in [0.3, 0.4) is 0 Å². The number of rotatable bonds is 5. The summed E-state index contributed by atoms with van der Waals surface area (Å²) in [6, 6.07) is 24.1.